The van der Waals surface area contributed by atoms with Gasteiger partial charge in [0, 0.05) is 36.3 Å². The van der Waals surface area contributed by atoms with Crippen LogP contribution in [-0.4, -0.2) is 37.1 Å². The highest BCUT2D eigenvalue weighted by molar-refractivity contribution is 9.10. The van der Waals surface area contributed by atoms with Crippen molar-refractivity contribution in [1.29, 1.82) is 0 Å². The second kappa shape index (κ2) is 8.69. The zero-order valence-corrected chi connectivity index (χ0v) is 17.7. The number of piperazine rings is 1. The summed E-state index contributed by atoms with van der Waals surface area (Å²) in [5.74, 6) is -2.63. The summed E-state index contributed by atoms with van der Waals surface area (Å²) in [4.78, 5) is 18.6. The molecule has 5 nitrogen and oxygen atoms in total. The SMILES string of the molecule is Cl.O=C(Nc1nc2c(Br)cccc2s1)c1c(F)cc(N2CCNCC2)cc1F. The number of thiazole rings is 1. The van der Waals surface area contributed by atoms with Gasteiger partial charge < -0.3 is 10.2 Å². The Morgan fingerprint density at radius 2 is 1.89 bits per heavy atom. The maximum atomic E-state index is 14.5. The Morgan fingerprint density at radius 1 is 1.21 bits per heavy atom. The number of carbonyl (C=O) groups is 1. The van der Waals surface area contributed by atoms with Gasteiger partial charge in [0.1, 0.15) is 17.2 Å². The molecule has 2 aromatic carbocycles. The van der Waals surface area contributed by atoms with Crippen LogP contribution < -0.4 is 15.5 Å². The minimum absolute atomic E-state index is 0. The van der Waals surface area contributed by atoms with E-state index in [0.29, 0.717) is 24.3 Å². The average molecular weight is 490 g/mol. The summed E-state index contributed by atoms with van der Waals surface area (Å²) >= 11 is 4.63. The molecular weight excluding hydrogens is 474 g/mol. The molecule has 3 aromatic rings. The first kappa shape index (κ1) is 20.9. The highest BCUT2D eigenvalue weighted by Crippen LogP contribution is 2.31. The van der Waals surface area contributed by atoms with Crippen LogP contribution in [0.4, 0.5) is 19.6 Å². The van der Waals surface area contributed by atoms with E-state index >= 15 is 0 Å². The highest BCUT2D eigenvalue weighted by Gasteiger charge is 2.22. The van der Waals surface area contributed by atoms with Crippen molar-refractivity contribution in [2.24, 2.45) is 0 Å². The number of hydrogen-bond donors (Lipinski definition) is 2. The lowest BCUT2D eigenvalue weighted by atomic mass is 10.1. The van der Waals surface area contributed by atoms with Crippen molar-refractivity contribution in [2.45, 2.75) is 0 Å². The van der Waals surface area contributed by atoms with Crippen LogP contribution in [0.3, 0.4) is 0 Å². The monoisotopic (exact) mass is 488 g/mol. The smallest absolute Gasteiger partial charge is 0.263 e. The first-order chi connectivity index (χ1) is 13.0. The van der Waals surface area contributed by atoms with Crippen LogP contribution in [0.25, 0.3) is 10.2 Å². The van der Waals surface area contributed by atoms with E-state index in [9.17, 15) is 13.6 Å². The normalized spacial score (nSPS) is 14.0. The summed E-state index contributed by atoms with van der Waals surface area (Å²) in [6.45, 7) is 2.81. The lowest BCUT2D eigenvalue weighted by Gasteiger charge is -2.29. The van der Waals surface area contributed by atoms with E-state index in [4.69, 9.17) is 0 Å². The molecule has 2 N–H and O–H groups in total. The van der Waals surface area contributed by atoms with Gasteiger partial charge in [0.05, 0.1) is 10.2 Å². The van der Waals surface area contributed by atoms with Crippen LogP contribution in [-0.2, 0) is 0 Å². The number of nitrogens with one attached hydrogen (secondary N) is 2. The Hall–Kier alpha value is -1.81. The van der Waals surface area contributed by atoms with E-state index in [1.54, 1.807) is 0 Å². The van der Waals surface area contributed by atoms with Gasteiger partial charge in [-0.05, 0) is 40.2 Å². The molecule has 1 aliphatic rings. The first-order valence-electron chi connectivity index (χ1n) is 8.34. The molecule has 1 fully saturated rings. The number of para-hydroxylation sites is 1. The molecule has 2 heterocycles. The predicted molar refractivity (Wildman–Crippen MR) is 114 cm³/mol. The molecule has 0 bridgehead atoms. The largest absolute Gasteiger partial charge is 0.369 e. The van der Waals surface area contributed by atoms with Gasteiger partial charge in [0.2, 0.25) is 0 Å². The average Bonchev–Trinajstić information content (AvgIpc) is 3.05. The summed E-state index contributed by atoms with van der Waals surface area (Å²) in [6.07, 6.45) is 0. The van der Waals surface area contributed by atoms with Gasteiger partial charge in [-0.2, -0.15) is 0 Å². The number of aromatic nitrogens is 1. The number of hydrogen-bond acceptors (Lipinski definition) is 5. The molecule has 1 aliphatic heterocycles. The third-order valence-corrected chi connectivity index (χ3v) is 5.90. The van der Waals surface area contributed by atoms with Crippen molar-refractivity contribution < 1.29 is 13.6 Å². The number of halogens is 4. The van der Waals surface area contributed by atoms with Crippen LogP contribution in [0.15, 0.2) is 34.8 Å². The maximum Gasteiger partial charge on any atom is 0.263 e. The summed E-state index contributed by atoms with van der Waals surface area (Å²) in [6, 6.07) is 7.96. The van der Waals surface area contributed by atoms with Crippen molar-refractivity contribution in [2.75, 3.05) is 36.4 Å². The van der Waals surface area contributed by atoms with Gasteiger partial charge in [-0.25, -0.2) is 13.8 Å². The lowest BCUT2D eigenvalue weighted by Crippen LogP contribution is -2.43. The Labute approximate surface area is 178 Å². The van der Waals surface area contributed by atoms with Crippen LogP contribution >= 0.6 is 39.7 Å². The van der Waals surface area contributed by atoms with Gasteiger partial charge in [-0.3, -0.25) is 10.1 Å². The van der Waals surface area contributed by atoms with Gasteiger partial charge in [0.25, 0.3) is 5.91 Å². The van der Waals surface area contributed by atoms with Crippen LogP contribution in [0.2, 0.25) is 0 Å². The van der Waals surface area contributed by atoms with Crippen LogP contribution in [0.5, 0.6) is 0 Å². The third-order valence-electron chi connectivity index (χ3n) is 4.33. The van der Waals surface area contributed by atoms with Crippen molar-refractivity contribution in [3.8, 4) is 0 Å². The second-order valence-corrected chi connectivity index (χ2v) is 7.97. The van der Waals surface area contributed by atoms with Crippen molar-refractivity contribution in [1.82, 2.24) is 10.3 Å². The van der Waals surface area contributed by atoms with Crippen LogP contribution in [0, 0.1) is 11.6 Å². The second-order valence-electron chi connectivity index (χ2n) is 6.08. The fraction of sp³-hybridized carbons (Fsp3) is 0.222. The van der Waals surface area contributed by atoms with E-state index in [1.165, 1.54) is 23.5 Å². The minimum Gasteiger partial charge on any atom is -0.369 e. The molecule has 1 saturated heterocycles. The molecule has 148 valence electrons. The van der Waals surface area contributed by atoms with E-state index in [1.807, 2.05) is 23.1 Å². The summed E-state index contributed by atoms with van der Waals surface area (Å²) < 4.78 is 30.7. The summed E-state index contributed by atoms with van der Waals surface area (Å²) in [5.41, 5.74) is 0.520. The highest BCUT2D eigenvalue weighted by atomic mass is 79.9. The van der Waals surface area contributed by atoms with E-state index in [0.717, 1.165) is 22.3 Å². The minimum atomic E-state index is -0.886. The summed E-state index contributed by atoms with van der Waals surface area (Å²) in [7, 11) is 0. The van der Waals surface area contributed by atoms with Gasteiger partial charge in [0.15, 0.2) is 5.13 Å². The zero-order chi connectivity index (χ0) is 19.0. The molecular formula is C18H16BrClF2N4OS. The van der Waals surface area contributed by atoms with Gasteiger partial charge in [-0.1, -0.05) is 17.4 Å². The molecule has 0 aliphatic carbocycles. The molecule has 0 unspecified atom stereocenters. The number of carbonyl (C=O) groups excluding carboxylic acids is 1. The molecule has 0 saturated carbocycles. The van der Waals surface area contributed by atoms with Gasteiger partial charge in [-0.15, -0.1) is 12.4 Å². The van der Waals surface area contributed by atoms with Crippen LogP contribution in [0.1, 0.15) is 10.4 Å². The topological polar surface area (TPSA) is 57.3 Å². The number of rotatable bonds is 3. The van der Waals surface area contributed by atoms with Crippen molar-refractivity contribution >= 4 is 66.6 Å². The fourth-order valence-electron chi connectivity index (χ4n) is 3.01. The number of fused-ring (bicyclic) bond motifs is 1. The Bertz CT molecular complexity index is 1000. The van der Waals surface area contributed by atoms with Gasteiger partial charge >= 0.3 is 0 Å². The standard InChI is InChI=1S/C18H15BrF2N4OS.ClH/c19-11-2-1-3-14-16(11)23-18(27-14)24-17(26)15-12(20)8-10(9-13(15)21)25-6-4-22-5-7-25;/h1-3,8-9,22H,4-7H2,(H,23,24,26);1H. The number of amides is 1. The predicted octanol–water partition coefficient (Wildman–Crippen LogP) is 4.42. The van der Waals surface area contributed by atoms with E-state index in [-0.39, 0.29) is 17.5 Å². The Kier molecular flexibility index (Phi) is 6.49. The van der Waals surface area contributed by atoms with Crippen molar-refractivity contribution in [3.05, 3.63) is 52.0 Å². The molecule has 10 heteroatoms. The summed E-state index contributed by atoms with van der Waals surface area (Å²) in [5, 5.41) is 5.97. The van der Waals surface area contributed by atoms with Crippen molar-refractivity contribution in [3.63, 3.8) is 0 Å². The molecule has 0 radical (unpaired) electrons. The molecule has 0 atom stereocenters. The third kappa shape index (κ3) is 4.12. The number of anilines is 2. The first-order valence-corrected chi connectivity index (χ1v) is 9.95. The van der Waals surface area contributed by atoms with E-state index in [2.05, 4.69) is 31.5 Å². The molecule has 1 amide bonds. The maximum absolute atomic E-state index is 14.5. The molecule has 1 aromatic heterocycles. The lowest BCUT2D eigenvalue weighted by molar-refractivity contribution is 0.101. The zero-order valence-electron chi connectivity index (χ0n) is 14.5. The molecule has 0 spiro atoms. The fourth-order valence-corrected chi connectivity index (χ4v) is 4.48. The quantitative estimate of drug-likeness (QED) is 0.572. The number of nitrogens with zero attached hydrogens (tertiary/aromatic N) is 2. The Morgan fingerprint density at radius 3 is 2.54 bits per heavy atom. The Balaban J connectivity index is 0.00000225. The molecule has 28 heavy (non-hydrogen) atoms. The number of benzene rings is 2. The molecule has 4 rings (SSSR count). The van der Waals surface area contributed by atoms with E-state index < -0.39 is 23.1 Å².